The number of hydrogen-bond donors (Lipinski definition) is 2. The molecule has 1 aromatic carbocycles. The highest BCUT2D eigenvalue weighted by atomic mass is 35.5. The highest BCUT2D eigenvalue weighted by molar-refractivity contribution is 6.34. The lowest BCUT2D eigenvalue weighted by Gasteiger charge is -2.28. The molecule has 1 aliphatic carbocycles. The zero-order valence-electron chi connectivity index (χ0n) is 15.7. The Morgan fingerprint density at radius 1 is 1.07 bits per heavy atom. The molecule has 2 rings (SSSR count). The van der Waals surface area contributed by atoms with Crippen molar-refractivity contribution in [3.63, 3.8) is 0 Å². The number of hydrogen-bond acceptors (Lipinski definition) is 3. The number of amides is 2. The number of carbonyl (C=O) groups excluding carboxylic acids is 3. The molecule has 7 heteroatoms. The molecule has 1 aromatic rings. The summed E-state index contributed by atoms with van der Waals surface area (Å²) in [5.74, 6) is -0.881. The maximum absolute atomic E-state index is 12.9. The molecule has 2 amide bonds. The Bertz CT molecular complexity index is 682. The lowest BCUT2D eigenvalue weighted by molar-refractivity contribution is -0.130. The molecule has 1 aliphatic rings. The Morgan fingerprint density at radius 3 is 2.19 bits per heavy atom. The third-order valence-electron chi connectivity index (χ3n) is 4.92. The van der Waals surface area contributed by atoms with Gasteiger partial charge in [-0.2, -0.15) is 0 Å². The fraction of sp³-hybridized carbons (Fsp3) is 0.550. The summed E-state index contributed by atoms with van der Waals surface area (Å²) in [7, 11) is 0. The van der Waals surface area contributed by atoms with Crippen molar-refractivity contribution in [3.8, 4) is 0 Å². The second kappa shape index (κ2) is 10.1. The van der Waals surface area contributed by atoms with E-state index in [1.807, 2.05) is 12.1 Å². The van der Waals surface area contributed by atoms with Crippen LogP contribution in [0.4, 0.5) is 0 Å². The normalized spacial score (nSPS) is 16.6. The second-order valence-electron chi connectivity index (χ2n) is 7.27. The Morgan fingerprint density at radius 2 is 1.67 bits per heavy atom. The molecule has 0 unspecified atom stereocenters. The van der Waals surface area contributed by atoms with Gasteiger partial charge in [-0.15, -0.1) is 0 Å². The number of ketones is 1. The first-order chi connectivity index (χ1) is 12.8. The van der Waals surface area contributed by atoms with Crippen LogP contribution in [0.1, 0.15) is 57.6 Å². The SMILES string of the molecule is CC(=O)C[C@H](CNC(C)=O)C(=O)N[C@@H](c1cc(Cl)cc(Cl)c1)C1CCCC1. The molecule has 0 radical (unpaired) electrons. The molecule has 0 saturated heterocycles. The minimum absolute atomic E-state index is 0.0831. The van der Waals surface area contributed by atoms with Crippen LogP contribution in [0.5, 0.6) is 0 Å². The largest absolute Gasteiger partial charge is 0.356 e. The minimum atomic E-state index is -0.607. The van der Waals surface area contributed by atoms with E-state index >= 15 is 0 Å². The molecule has 0 aromatic heterocycles. The van der Waals surface area contributed by atoms with Gasteiger partial charge in [0.2, 0.25) is 11.8 Å². The van der Waals surface area contributed by atoms with E-state index in [4.69, 9.17) is 23.2 Å². The quantitative estimate of drug-likeness (QED) is 0.675. The molecular weight excluding hydrogens is 387 g/mol. The monoisotopic (exact) mass is 412 g/mol. The molecule has 0 heterocycles. The lowest BCUT2D eigenvalue weighted by atomic mass is 9.90. The Labute approximate surface area is 170 Å². The molecule has 1 saturated carbocycles. The van der Waals surface area contributed by atoms with Crippen LogP contribution < -0.4 is 10.6 Å². The molecule has 1 fully saturated rings. The average molecular weight is 413 g/mol. The molecular formula is C20H26Cl2N2O3. The maximum Gasteiger partial charge on any atom is 0.225 e. The first-order valence-electron chi connectivity index (χ1n) is 9.26. The summed E-state index contributed by atoms with van der Waals surface area (Å²) in [6.45, 7) is 2.96. The van der Waals surface area contributed by atoms with E-state index in [2.05, 4.69) is 10.6 Å². The van der Waals surface area contributed by atoms with E-state index in [1.54, 1.807) is 6.07 Å². The molecule has 27 heavy (non-hydrogen) atoms. The molecule has 2 N–H and O–H groups in total. The van der Waals surface area contributed by atoms with Gasteiger partial charge in [0.25, 0.3) is 0 Å². The second-order valence-corrected chi connectivity index (χ2v) is 8.15. The predicted octanol–water partition coefficient (Wildman–Crippen LogP) is 4.07. The zero-order chi connectivity index (χ0) is 20.0. The van der Waals surface area contributed by atoms with E-state index < -0.39 is 5.92 Å². The van der Waals surface area contributed by atoms with Crippen molar-refractivity contribution in [2.75, 3.05) is 6.54 Å². The van der Waals surface area contributed by atoms with Gasteiger partial charge < -0.3 is 15.4 Å². The van der Waals surface area contributed by atoms with Gasteiger partial charge in [0, 0.05) is 29.9 Å². The fourth-order valence-corrected chi connectivity index (χ4v) is 4.20. The van der Waals surface area contributed by atoms with Crippen molar-refractivity contribution in [2.45, 2.75) is 52.0 Å². The van der Waals surface area contributed by atoms with Crippen molar-refractivity contribution in [3.05, 3.63) is 33.8 Å². The number of carbonyl (C=O) groups is 3. The summed E-state index contributed by atoms with van der Waals surface area (Å²) >= 11 is 12.3. The molecule has 2 atom stereocenters. The van der Waals surface area contributed by atoms with E-state index in [9.17, 15) is 14.4 Å². The van der Waals surface area contributed by atoms with E-state index in [0.717, 1.165) is 31.2 Å². The number of nitrogens with one attached hydrogen (secondary N) is 2. The van der Waals surface area contributed by atoms with Gasteiger partial charge in [-0.1, -0.05) is 36.0 Å². The molecule has 5 nitrogen and oxygen atoms in total. The smallest absolute Gasteiger partial charge is 0.225 e. The van der Waals surface area contributed by atoms with Crippen molar-refractivity contribution in [1.82, 2.24) is 10.6 Å². The molecule has 0 aliphatic heterocycles. The molecule has 0 spiro atoms. The van der Waals surface area contributed by atoms with Gasteiger partial charge in [-0.3, -0.25) is 9.59 Å². The summed E-state index contributed by atoms with van der Waals surface area (Å²) in [6.07, 6.45) is 4.35. The third kappa shape index (κ3) is 6.82. The number of halogens is 2. The highest BCUT2D eigenvalue weighted by Gasteiger charge is 2.31. The predicted molar refractivity (Wildman–Crippen MR) is 107 cm³/mol. The number of rotatable bonds is 8. The first kappa shape index (κ1) is 21.7. The maximum atomic E-state index is 12.9. The highest BCUT2D eigenvalue weighted by Crippen LogP contribution is 2.37. The van der Waals surface area contributed by atoms with E-state index in [0.29, 0.717) is 16.0 Å². The summed E-state index contributed by atoms with van der Waals surface area (Å²) in [4.78, 5) is 35.7. The van der Waals surface area contributed by atoms with Crippen LogP contribution in [0, 0.1) is 11.8 Å². The van der Waals surface area contributed by atoms with Gasteiger partial charge >= 0.3 is 0 Å². The Hall–Kier alpha value is -1.59. The number of benzene rings is 1. The van der Waals surface area contributed by atoms with Gasteiger partial charge in [-0.25, -0.2) is 0 Å². The van der Waals surface area contributed by atoms with E-state index in [1.165, 1.54) is 13.8 Å². The van der Waals surface area contributed by atoms with Gasteiger partial charge in [0.05, 0.1) is 12.0 Å². The van der Waals surface area contributed by atoms with Gasteiger partial charge in [0.15, 0.2) is 0 Å². The van der Waals surface area contributed by atoms with Crippen LogP contribution in [0.15, 0.2) is 18.2 Å². The summed E-state index contributed by atoms with van der Waals surface area (Å²) in [5.41, 5.74) is 0.869. The first-order valence-corrected chi connectivity index (χ1v) is 10.0. The van der Waals surface area contributed by atoms with Crippen LogP contribution in [0.3, 0.4) is 0 Å². The van der Waals surface area contributed by atoms with Crippen LogP contribution >= 0.6 is 23.2 Å². The van der Waals surface area contributed by atoms with Crippen molar-refractivity contribution < 1.29 is 14.4 Å². The van der Waals surface area contributed by atoms with Crippen molar-refractivity contribution in [1.29, 1.82) is 0 Å². The third-order valence-corrected chi connectivity index (χ3v) is 5.35. The molecule has 148 valence electrons. The van der Waals surface area contributed by atoms with Crippen molar-refractivity contribution >= 4 is 40.8 Å². The van der Waals surface area contributed by atoms with Crippen LogP contribution in [0.25, 0.3) is 0 Å². The number of Topliss-reactive ketones (excluding diaryl/α,β-unsaturated/α-hetero) is 1. The summed E-state index contributed by atoms with van der Waals surface area (Å²) in [6, 6.07) is 5.09. The summed E-state index contributed by atoms with van der Waals surface area (Å²) < 4.78 is 0. The van der Waals surface area contributed by atoms with Crippen LogP contribution in [-0.2, 0) is 14.4 Å². The Kier molecular flexibility index (Phi) is 8.11. The van der Waals surface area contributed by atoms with Gasteiger partial charge in [0.1, 0.15) is 5.78 Å². The summed E-state index contributed by atoms with van der Waals surface area (Å²) in [5, 5.41) is 6.78. The van der Waals surface area contributed by atoms with Crippen LogP contribution in [-0.4, -0.2) is 24.1 Å². The van der Waals surface area contributed by atoms with Gasteiger partial charge in [-0.05, 0) is 49.4 Å². The Balaban J connectivity index is 2.22. The zero-order valence-corrected chi connectivity index (χ0v) is 17.2. The lowest BCUT2D eigenvalue weighted by Crippen LogP contribution is -2.42. The fourth-order valence-electron chi connectivity index (χ4n) is 3.66. The average Bonchev–Trinajstić information content (AvgIpc) is 3.09. The molecule has 0 bridgehead atoms. The topological polar surface area (TPSA) is 75.3 Å². The van der Waals surface area contributed by atoms with E-state index in [-0.39, 0.29) is 36.6 Å². The minimum Gasteiger partial charge on any atom is -0.356 e. The standard InChI is InChI=1S/C20H26Cl2N2O3/c1-12(25)7-16(11-23-13(2)26)20(27)24-19(14-5-3-4-6-14)15-8-17(21)10-18(22)9-15/h8-10,14,16,19H,3-7,11H2,1-2H3,(H,23,26)(H,24,27)/t16-,19-/m1/s1. The van der Waals surface area contributed by atoms with Crippen molar-refractivity contribution in [2.24, 2.45) is 11.8 Å². The van der Waals surface area contributed by atoms with Crippen LogP contribution in [0.2, 0.25) is 10.0 Å².